The van der Waals surface area contributed by atoms with Crippen LogP contribution in [0.5, 0.6) is 0 Å². The highest BCUT2D eigenvalue weighted by Crippen LogP contribution is 2.23. The first-order valence-electron chi connectivity index (χ1n) is 8.89. The van der Waals surface area contributed by atoms with E-state index in [-0.39, 0.29) is 5.69 Å². The first-order chi connectivity index (χ1) is 13.6. The van der Waals surface area contributed by atoms with Gasteiger partial charge in [-0.15, -0.1) is 0 Å². The Morgan fingerprint density at radius 2 is 1.86 bits per heavy atom. The van der Waals surface area contributed by atoms with Crippen LogP contribution in [0.25, 0.3) is 11.0 Å². The van der Waals surface area contributed by atoms with Gasteiger partial charge in [0.25, 0.3) is 5.69 Å². The summed E-state index contributed by atoms with van der Waals surface area (Å²) in [6.45, 7) is 2.70. The lowest BCUT2D eigenvalue weighted by atomic mass is 10.1. The molecule has 0 N–H and O–H groups in total. The second kappa shape index (κ2) is 7.44. The number of aliphatic imine (C=N–C) groups is 1. The topological polar surface area (TPSA) is 73.3 Å². The van der Waals surface area contributed by atoms with Gasteiger partial charge in [0.15, 0.2) is 0 Å². The number of aryl methyl sites for hydroxylation is 1. The molecule has 4 rings (SSSR count). The molecular formula is C22H18N4O2. The number of nitro groups is 1. The molecule has 0 aliphatic heterocycles. The summed E-state index contributed by atoms with van der Waals surface area (Å²) in [5, 5.41) is 11.0. The minimum atomic E-state index is -0.413. The van der Waals surface area contributed by atoms with Crippen molar-refractivity contribution in [3.8, 4) is 0 Å². The molecule has 3 aromatic carbocycles. The van der Waals surface area contributed by atoms with Crippen molar-refractivity contribution in [2.75, 3.05) is 0 Å². The van der Waals surface area contributed by atoms with Crippen molar-refractivity contribution in [2.45, 2.75) is 13.5 Å². The number of hydrogen-bond donors (Lipinski definition) is 0. The van der Waals surface area contributed by atoms with Crippen LogP contribution in [0.3, 0.4) is 0 Å². The fourth-order valence-corrected chi connectivity index (χ4v) is 3.04. The van der Waals surface area contributed by atoms with Gasteiger partial charge in [-0.3, -0.25) is 10.1 Å². The summed E-state index contributed by atoms with van der Waals surface area (Å²) in [5.74, 6) is 0.563. The predicted molar refractivity (Wildman–Crippen MR) is 110 cm³/mol. The zero-order chi connectivity index (χ0) is 19.5. The van der Waals surface area contributed by atoms with Crippen molar-refractivity contribution in [3.63, 3.8) is 0 Å². The van der Waals surface area contributed by atoms with Crippen LogP contribution in [-0.4, -0.2) is 20.7 Å². The number of aromatic nitrogens is 2. The van der Waals surface area contributed by atoms with Gasteiger partial charge in [0.1, 0.15) is 0 Å². The molecule has 6 heteroatoms. The number of rotatable bonds is 5. The Morgan fingerprint density at radius 1 is 1.07 bits per heavy atom. The van der Waals surface area contributed by atoms with E-state index in [9.17, 15) is 10.1 Å². The van der Waals surface area contributed by atoms with Crippen LogP contribution in [0.4, 0.5) is 11.6 Å². The predicted octanol–water partition coefficient (Wildman–Crippen LogP) is 5.05. The summed E-state index contributed by atoms with van der Waals surface area (Å²) in [6.07, 6.45) is 1.61. The minimum Gasteiger partial charge on any atom is -0.304 e. The van der Waals surface area contributed by atoms with Crippen LogP contribution in [0.1, 0.15) is 16.7 Å². The minimum absolute atomic E-state index is 0.0390. The average Bonchev–Trinajstić information content (AvgIpc) is 3.06. The van der Waals surface area contributed by atoms with Crippen molar-refractivity contribution in [3.05, 3.63) is 99.6 Å². The van der Waals surface area contributed by atoms with Gasteiger partial charge in [0, 0.05) is 18.3 Å². The first kappa shape index (κ1) is 17.6. The number of nitrogens with zero attached hydrogens (tertiary/aromatic N) is 4. The summed E-state index contributed by atoms with van der Waals surface area (Å²) in [7, 11) is 0. The Bertz CT molecular complexity index is 1180. The molecule has 0 unspecified atom stereocenters. The zero-order valence-corrected chi connectivity index (χ0v) is 15.3. The fourth-order valence-electron chi connectivity index (χ4n) is 3.04. The second-order valence-corrected chi connectivity index (χ2v) is 6.58. The first-order valence-corrected chi connectivity index (χ1v) is 8.89. The number of non-ortho nitro benzene ring substituents is 1. The van der Waals surface area contributed by atoms with E-state index in [4.69, 9.17) is 0 Å². The van der Waals surface area contributed by atoms with E-state index >= 15 is 0 Å². The number of nitro benzene ring substituents is 1. The molecule has 0 saturated carbocycles. The lowest BCUT2D eigenvalue weighted by Gasteiger charge is -2.07. The normalized spacial score (nSPS) is 11.3. The Balaban J connectivity index is 1.73. The van der Waals surface area contributed by atoms with E-state index in [0.717, 1.165) is 16.6 Å². The molecular weight excluding hydrogens is 352 g/mol. The lowest BCUT2D eigenvalue weighted by molar-refractivity contribution is -0.384. The molecule has 28 heavy (non-hydrogen) atoms. The van der Waals surface area contributed by atoms with Crippen molar-refractivity contribution < 1.29 is 4.92 Å². The maximum absolute atomic E-state index is 11.0. The molecule has 0 aliphatic carbocycles. The fraction of sp³-hybridized carbons (Fsp3) is 0.0909. The Morgan fingerprint density at radius 3 is 2.64 bits per heavy atom. The van der Waals surface area contributed by atoms with Crippen molar-refractivity contribution >= 4 is 28.9 Å². The molecule has 0 saturated heterocycles. The highest BCUT2D eigenvalue weighted by Gasteiger charge is 2.10. The van der Waals surface area contributed by atoms with Crippen molar-refractivity contribution in [1.29, 1.82) is 0 Å². The third-order valence-electron chi connectivity index (χ3n) is 4.51. The van der Waals surface area contributed by atoms with Crippen LogP contribution in [0.15, 0.2) is 77.8 Å². The SMILES string of the molecule is Cc1ccc(Cn2c(N=Cc3cccc([N+](=O)[O-])c3)nc3ccccc32)cc1. The van der Waals surface area contributed by atoms with Crippen LogP contribution in [0.2, 0.25) is 0 Å². The summed E-state index contributed by atoms with van der Waals surface area (Å²) >= 11 is 0. The molecule has 138 valence electrons. The summed E-state index contributed by atoms with van der Waals surface area (Å²) in [6, 6.07) is 22.6. The number of hydrogen-bond acceptors (Lipinski definition) is 4. The van der Waals surface area contributed by atoms with Gasteiger partial charge in [-0.05, 0) is 30.2 Å². The monoisotopic (exact) mass is 370 g/mol. The third-order valence-corrected chi connectivity index (χ3v) is 4.51. The van der Waals surface area contributed by atoms with E-state index < -0.39 is 4.92 Å². The van der Waals surface area contributed by atoms with E-state index in [0.29, 0.717) is 18.1 Å². The Labute approximate surface area is 162 Å². The summed E-state index contributed by atoms with van der Waals surface area (Å²) in [4.78, 5) is 19.7. The maximum atomic E-state index is 11.0. The molecule has 0 amide bonds. The van der Waals surface area contributed by atoms with E-state index in [1.807, 2.05) is 28.8 Å². The molecule has 4 aromatic rings. The highest BCUT2D eigenvalue weighted by molar-refractivity contribution is 5.84. The van der Waals surface area contributed by atoms with E-state index in [1.165, 1.54) is 17.7 Å². The standard InChI is InChI=1S/C22H18N4O2/c1-16-9-11-17(12-10-16)15-25-21-8-3-2-7-20(21)24-22(25)23-14-18-5-4-6-19(13-18)26(27)28/h2-14H,15H2,1H3. The van der Waals surface area contributed by atoms with Crippen LogP contribution < -0.4 is 0 Å². The van der Waals surface area contributed by atoms with E-state index in [1.54, 1.807) is 18.3 Å². The smallest absolute Gasteiger partial charge is 0.270 e. The van der Waals surface area contributed by atoms with Crippen molar-refractivity contribution in [2.24, 2.45) is 4.99 Å². The number of fused-ring (bicyclic) bond motifs is 1. The van der Waals surface area contributed by atoms with Crippen LogP contribution in [0, 0.1) is 17.0 Å². The van der Waals surface area contributed by atoms with Crippen LogP contribution >= 0.6 is 0 Å². The highest BCUT2D eigenvalue weighted by atomic mass is 16.6. The molecule has 0 bridgehead atoms. The number of imidazole rings is 1. The van der Waals surface area contributed by atoms with Crippen LogP contribution in [-0.2, 0) is 6.54 Å². The van der Waals surface area contributed by atoms with Gasteiger partial charge in [-0.1, -0.05) is 54.1 Å². The molecule has 6 nitrogen and oxygen atoms in total. The van der Waals surface area contributed by atoms with Crippen molar-refractivity contribution in [1.82, 2.24) is 9.55 Å². The molecule has 0 fully saturated rings. The molecule has 0 atom stereocenters. The number of para-hydroxylation sites is 2. The molecule has 1 aromatic heterocycles. The molecule has 0 aliphatic rings. The van der Waals surface area contributed by atoms with Gasteiger partial charge in [-0.2, -0.15) is 0 Å². The number of benzene rings is 3. The third kappa shape index (κ3) is 3.66. The Hall–Kier alpha value is -3.80. The molecule has 1 heterocycles. The van der Waals surface area contributed by atoms with Gasteiger partial charge in [0.05, 0.1) is 22.5 Å². The maximum Gasteiger partial charge on any atom is 0.270 e. The summed E-state index contributed by atoms with van der Waals surface area (Å²) in [5.41, 5.74) is 4.92. The van der Waals surface area contributed by atoms with Gasteiger partial charge >= 0.3 is 0 Å². The quantitative estimate of drug-likeness (QED) is 0.280. The molecule has 0 radical (unpaired) electrons. The zero-order valence-electron chi connectivity index (χ0n) is 15.3. The van der Waals surface area contributed by atoms with Gasteiger partial charge in [-0.25, -0.2) is 9.98 Å². The lowest BCUT2D eigenvalue weighted by Crippen LogP contribution is -1.99. The average molecular weight is 370 g/mol. The van der Waals surface area contributed by atoms with Gasteiger partial charge in [0.2, 0.25) is 5.95 Å². The Kier molecular flexibility index (Phi) is 4.68. The largest absolute Gasteiger partial charge is 0.304 e. The second-order valence-electron chi connectivity index (χ2n) is 6.58. The van der Waals surface area contributed by atoms with Gasteiger partial charge < -0.3 is 4.57 Å². The van der Waals surface area contributed by atoms with E-state index in [2.05, 4.69) is 41.2 Å². The summed E-state index contributed by atoms with van der Waals surface area (Å²) < 4.78 is 2.05. The molecule has 0 spiro atoms.